The summed E-state index contributed by atoms with van der Waals surface area (Å²) in [6.07, 6.45) is 7.11. The number of nitrogens with one attached hydrogen (secondary N) is 1. The molecule has 1 atom stereocenters. The topological polar surface area (TPSA) is 93.6 Å². The maximum Gasteiger partial charge on any atom is 0.156 e. The number of benzene rings is 2. The lowest BCUT2D eigenvalue weighted by atomic mass is 10.1. The van der Waals surface area contributed by atoms with E-state index in [4.69, 9.17) is 10.5 Å². The lowest BCUT2D eigenvalue weighted by Gasteiger charge is -2.29. The number of nitrogens with zero attached hydrogens (tertiary/aromatic N) is 5. The number of aromatic nitrogens is 4. The maximum absolute atomic E-state index is 6.17. The van der Waals surface area contributed by atoms with Crippen molar-refractivity contribution < 1.29 is 4.74 Å². The fraction of sp³-hybridized carbons (Fsp3) is 0.115. The van der Waals surface area contributed by atoms with Crippen LogP contribution in [0.5, 0.6) is 11.5 Å². The van der Waals surface area contributed by atoms with Gasteiger partial charge >= 0.3 is 0 Å². The number of aryl methyl sites for hydroxylation is 1. The Morgan fingerprint density at radius 3 is 2.80 bits per heavy atom. The number of nitrogen functional groups attached to an aromatic ring is 1. The van der Waals surface area contributed by atoms with Crippen molar-refractivity contribution in [3.63, 3.8) is 0 Å². The van der Waals surface area contributed by atoms with E-state index in [2.05, 4.69) is 56.6 Å². The molecule has 3 N–H and O–H groups in total. The first kappa shape index (κ1) is 21.3. The number of rotatable bonds is 5. The number of hydrogen-bond donors (Lipinski definition) is 2. The van der Waals surface area contributed by atoms with Crippen molar-refractivity contribution in [3.8, 4) is 11.5 Å². The van der Waals surface area contributed by atoms with Gasteiger partial charge in [-0.15, -0.1) is 0 Å². The average Bonchev–Trinajstić information content (AvgIpc) is 3.47. The van der Waals surface area contributed by atoms with Crippen LogP contribution in [0.15, 0.2) is 84.6 Å². The number of pyridine rings is 1. The largest absolute Gasteiger partial charge is 0.457 e. The second-order valence-corrected chi connectivity index (χ2v) is 9.31. The van der Waals surface area contributed by atoms with Gasteiger partial charge in [-0.05, 0) is 67.3 Å². The highest BCUT2D eigenvalue weighted by Crippen LogP contribution is 2.38. The Morgan fingerprint density at radius 2 is 1.91 bits per heavy atom. The van der Waals surface area contributed by atoms with Crippen LogP contribution in [-0.4, -0.2) is 24.9 Å². The number of fused-ring (bicyclic) bond motifs is 2. The fourth-order valence-electron chi connectivity index (χ4n) is 4.19. The molecule has 174 valence electrons. The van der Waals surface area contributed by atoms with Gasteiger partial charge in [0.2, 0.25) is 0 Å². The molecule has 1 unspecified atom stereocenters. The third kappa shape index (κ3) is 4.00. The summed E-state index contributed by atoms with van der Waals surface area (Å²) in [4.78, 5) is 15.0. The van der Waals surface area contributed by atoms with Crippen LogP contribution >= 0.6 is 11.8 Å². The van der Waals surface area contributed by atoms with Gasteiger partial charge < -0.3 is 25.1 Å². The molecule has 0 saturated heterocycles. The van der Waals surface area contributed by atoms with Gasteiger partial charge in [-0.3, -0.25) is 0 Å². The van der Waals surface area contributed by atoms with Crippen LogP contribution in [0.4, 0.5) is 17.2 Å². The molecule has 0 radical (unpaired) electrons. The molecule has 4 heterocycles. The van der Waals surface area contributed by atoms with Crippen molar-refractivity contribution in [1.29, 1.82) is 0 Å². The molecule has 0 fully saturated rings. The van der Waals surface area contributed by atoms with Gasteiger partial charge in [0, 0.05) is 47.1 Å². The van der Waals surface area contributed by atoms with E-state index in [1.807, 2.05) is 53.2 Å². The van der Waals surface area contributed by atoms with Crippen LogP contribution in [0.2, 0.25) is 0 Å². The van der Waals surface area contributed by atoms with Gasteiger partial charge in [0.25, 0.3) is 0 Å². The average molecular weight is 482 g/mol. The second-order valence-electron chi connectivity index (χ2n) is 8.36. The number of nitrogens with two attached hydrogens (primary N) is 1. The van der Waals surface area contributed by atoms with E-state index >= 15 is 0 Å². The molecule has 0 amide bonds. The second kappa shape index (κ2) is 8.52. The van der Waals surface area contributed by atoms with Crippen LogP contribution in [0.25, 0.3) is 16.6 Å². The number of imidazole rings is 1. The Labute approximate surface area is 206 Å². The smallest absolute Gasteiger partial charge is 0.156 e. The predicted molar refractivity (Wildman–Crippen MR) is 142 cm³/mol. The van der Waals surface area contributed by atoms with Crippen molar-refractivity contribution in [2.24, 2.45) is 0 Å². The van der Waals surface area contributed by atoms with Crippen molar-refractivity contribution >= 4 is 45.5 Å². The predicted octanol–water partition coefficient (Wildman–Crippen LogP) is 5.77. The number of thioether (sulfide) groups is 1. The molecule has 2 aromatic carbocycles. The van der Waals surface area contributed by atoms with Gasteiger partial charge in [0.1, 0.15) is 29.3 Å². The van der Waals surface area contributed by atoms with Crippen LogP contribution in [0, 0.1) is 6.92 Å². The van der Waals surface area contributed by atoms with Crippen molar-refractivity contribution in [1.82, 2.24) is 19.4 Å². The highest BCUT2D eigenvalue weighted by Gasteiger charge is 2.26. The maximum atomic E-state index is 6.17. The normalized spacial score (nSPS) is 15.5. The Hall–Kier alpha value is -4.24. The van der Waals surface area contributed by atoms with Crippen LogP contribution in [0.1, 0.15) is 12.5 Å². The molecular weight excluding hydrogens is 458 g/mol. The molecule has 3 aromatic heterocycles. The van der Waals surface area contributed by atoms with Crippen LogP contribution in [-0.2, 0) is 0 Å². The highest BCUT2D eigenvalue weighted by molar-refractivity contribution is 8.03. The van der Waals surface area contributed by atoms with E-state index in [0.29, 0.717) is 5.82 Å². The molecule has 0 spiro atoms. The summed E-state index contributed by atoms with van der Waals surface area (Å²) in [5, 5.41) is 6.61. The summed E-state index contributed by atoms with van der Waals surface area (Å²) >= 11 is 1.72. The van der Waals surface area contributed by atoms with E-state index in [-0.39, 0.29) is 5.50 Å². The molecule has 5 aromatic rings. The minimum absolute atomic E-state index is 0.00711. The Kier molecular flexibility index (Phi) is 5.18. The Morgan fingerprint density at radius 1 is 1.00 bits per heavy atom. The van der Waals surface area contributed by atoms with Crippen molar-refractivity contribution in [2.75, 3.05) is 16.0 Å². The summed E-state index contributed by atoms with van der Waals surface area (Å²) in [7, 11) is 0. The Bertz CT molecular complexity index is 1600. The summed E-state index contributed by atoms with van der Waals surface area (Å²) in [5.74, 6) is 2.04. The molecule has 0 saturated carbocycles. The summed E-state index contributed by atoms with van der Waals surface area (Å²) in [6, 6.07) is 16.1. The first-order valence-electron chi connectivity index (χ1n) is 11.1. The van der Waals surface area contributed by atoms with E-state index < -0.39 is 0 Å². The summed E-state index contributed by atoms with van der Waals surface area (Å²) in [6.45, 7) is 4.17. The molecule has 8 nitrogen and oxygen atoms in total. The standard InChI is InChI=1S/C26H23N7OS/c1-16-11-19(4-6-23(16)34-20-7-9-32-10-8-28-24(32)13-20)33-17(2)14-35-26(33)31-18-3-5-22-21(12-18)25(27)30-15-29-22/h3-15,26,31H,1-2H3,(H2,27,29,30). The summed E-state index contributed by atoms with van der Waals surface area (Å²) in [5.41, 5.74) is 12.0. The zero-order valence-electron chi connectivity index (χ0n) is 19.2. The SMILES string of the molecule is CC1=CSC(Nc2ccc3ncnc(N)c3c2)N1c1ccc(Oc2ccn3ccnc3c2)c(C)c1. The number of allylic oxidation sites excluding steroid dienone is 1. The zero-order valence-corrected chi connectivity index (χ0v) is 20.0. The molecule has 1 aliphatic rings. The number of ether oxygens (including phenoxy) is 1. The quantitative estimate of drug-likeness (QED) is 0.327. The molecule has 0 aliphatic carbocycles. The minimum atomic E-state index is -0.00711. The zero-order chi connectivity index (χ0) is 23.9. The van der Waals surface area contributed by atoms with Gasteiger partial charge in [-0.25, -0.2) is 15.0 Å². The van der Waals surface area contributed by atoms with Crippen LogP contribution in [0.3, 0.4) is 0 Å². The third-order valence-corrected chi connectivity index (χ3v) is 7.04. The molecular formula is C26H23N7OS. The lowest BCUT2D eigenvalue weighted by Crippen LogP contribution is -2.33. The van der Waals surface area contributed by atoms with Gasteiger partial charge in [0.15, 0.2) is 5.50 Å². The first-order valence-corrected chi connectivity index (χ1v) is 12.1. The Balaban J connectivity index is 1.24. The van der Waals surface area contributed by atoms with Gasteiger partial charge in [-0.1, -0.05) is 11.8 Å². The van der Waals surface area contributed by atoms with Gasteiger partial charge in [0.05, 0.1) is 5.52 Å². The minimum Gasteiger partial charge on any atom is -0.457 e. The van der Waals surface area contributed by atoms with Crippen molar-refractivity contribution in [3.05, 3.63) is 90.1 Å². The molecule has 6 rings (SSSR count). The molecule has 35 heavy (non-hydrogen) atoms. The third-order valence-electron chi connectivity index (χ3n) is 5.97. The molecule has 0 bridgehead atoms. The van der Waals surface area contributed by atoms with E-state index in [9.17, 15) is 0 Å². The fourth-order valence-corrected chi connectivity index (χ4v) is 5.25. The monoisotopic (exact) mass is 481 g/mol. The molecule has 9 heteroatoms. The number of anilines is 3. The van der Waals surface area contributed by atoms with E-state index in [1.54, 1.807) is 18.0 Å². The van der Waals surface area contributed by atoms with Crippen molar-refractivity contribution in [2.45, 2.75) is 19.3 Å². The van der Waals surface area contributed by atoms with E-state index in [1.165, 1.54) is 6.33 Å². The van der Waals surface area contributed by atoms with Gasteiger partial charge in [-0.2, -0.15) is 0 Å². The summed E-state index contributed by atoms with van der Waals surface area (Å²) < 4.78 is 8.13. The molecule has 1 aliphatic heterocycles. The number of hydrogen-bond acceptors (Lipinski definition) is 8. The first-order chi connectivity index (χ1) is 17.0. The van der Waals surface area contributed by atoms with Crippen LogP contribution < -0.4 is 20.7 Å². The highest BCUT2D eigenvalue weighted by atomic mass is 32.2. The van der Waals surface area contributed by atoms with E-state index in [0.717, 1.165) is 50.7 Å². The lowest BCUT2D eigenvalue weighted by molar-refractivity contribution is 0.478.